The van der Waals surface area contributed by atoms with E-state index in [4.69, 9.17) is 10.00 Å². The first kappa shape index (κ1) is 26.1. The maximum Gasteiger partial charge on any atom is 0.272 e. The summed E-state index contributed by atoms with van der Waals surface area (Å²) in [7, 11) is 0. The van der Waals surface area contributed by atoms with Crippen LogP contribution in [0.2, 0.25) is 0 Å². The largest absolute Gasteiger partial charge is 0.490 e. The monoisotopic (exact) mass is 564 g/mol. The van der Waals surface area contributed by atoms with E-state index in [1.165, 1.54) is 6.07 Å². The summed E-state index contributed by atoms with van der Waals surface area (Å²) < 4.78 is 21.2. The molecule has 5 heterocycles. The van der Waals surface area contributed by atoms with Gasteiger partial charge in [-0.25, -0.2) is 14.5 Å². The highest BCUT2D eigenvalue weighted by atomic mass is 19.1. The maximum absolute atomic E-state index is 15.1. The normalized spacial score (nSPS) is 19.9. The third kappa shape index (κ3) is 4.75. The lowest BCUT2D eigenvalue weighted by Crippen LogP contribution is -2.64. The van der Waals surface area contributed by atoms with E-state index in [9.17, 15) is 9.59 Å². The Morgan fingerprint density at radius 3 is 2.62 bits per heavy atom. The highest BCUT2D eigenvalue weighted by molar-refractivity contribution is 5.95. The predicted octanol–water partition coefficient (Wildman–Crippen LogP) is 4.34. The zero-order valence-electron chi connectivity index (χ0n) is 22.9. The Morgan fingerprint density at radius 2 is 1.90 bits per heavy atom. The highest BCUT2D eigenvalue weighted by Crippen LogP contribution is 2.34. The number of hydrogen-bond acceptors (Lipinski definition) is 7. The lowest BCUT2D eigenvalue weighted by Gasteiger charge is -2.52. The molecule has 4 aromatic rings. The Labute approximate surface area is 241 Å². The van der Waals surface area contributed by atoms with E-state index in [2.05, 4.69) is 26.2 Å². The lowest BCUT2D eigenvalue weighted by atomic mass is 9.89. The van der Waals surface area contributed by atoms with Crippen LogP contribution in [0, 0.1) is 17.1 Å². The summed E-state index contributed by atoms with van der Waals surface area (Å²) in [6.45, 7) is 1.08. The summed E-state index contributed by atoms with van der Waals surface area (Å²) in [6, 6.07) is 15.7. The maximum atomic E-state index is 15.1. The predicted molar refractivity (Wildman–Crippen MR) is 154 cm³/mol. The molecule has 2 aromatic heterocycles. The molecule has 4 fully saturated rings. The van der Waals surface area contributed by atoms with Gasteiger partial charge in [0.05, 0.1) is 28.3 Å². The van der Waals surface area contributed by atoms with Gasteiger partial charge in [-0.15, -0.1) is 0 Å². The fourth-order valence-corrected chi connectivity index (χ4v) is 6.26. The Balaban J connectivity index is 1.12. The number of piperazine rings is 1. The number of pyridine rings is 1. The molecule has 1 amide bonds. The third-order valence-electron chi connectivity index (χ3n) is 8.79. The lowest BCUT2D eigenvalue weighted by molar-refractivity contribution is 0.0499. The SMILES string of the molecule is N#Cc1ccc(N2C[C@@H]3CC[C@H]2CN3C(=O)c2cc(Cc3n[nH]c(=O)c4ccc(OC5CCC5)cc34)ccc2F)nc1. The number of aromatic nitrogens is 3. The molecule has 0 radical (unpaired) electrons. The van der Waals surface area contributed by atoms with E-state index in [1.54, 1.807) is 41.4 Å². The number of H-pyrrole nitrogens is 1. The van der Waals surface area contributed by atoms with Crippen molar-refractivity contribution in [3.8, 4) is 11.8 Å². The van der Waals surface area contributed by atoms with E-state index < -0.39 is 5.82 Å². The van der Waals surface area contributed by atoms with Gasteiger partial charge in [0, 0.05) is 43.2 Å². The van der Waals surface area contributed by atoms with Crippen molar-refractivity contribution in [2.75, 3.05) is 18.0 Å². The molecule has 8 rings (SSSR count). The molecule has 2 atom stereocenters. The molecule has 212 valence electrons. The molecule has 2 bridgehead atoms. The van der Waals surface area contributed by atoms with Crippen LogP contribution in [0.4, 0.5) is 10.2 Å². The number of benzene rings is 2. The van der Waals surface area contributed by atoms with Crippen LogP contribution in [0.3, 0.4) is 0 Å². The molecular formula is C32H29FN6O3. The number of amides is 1. The van der Waals surface area contributed by atoms with Crippen molar-refractivity contribution in [1.29, 1.82) is 5.26 Å². The first-order valence-electron chi connectivity index (χ1n) is 14.4. The average molecular weight is 565 g/mol. The van der Waals surface area contributed by atoms with Gasteiger partial charge < -0.3 is 14.5 Å². The summed E-state index contributed by atoms with van der Waals surface area (Å²) in [5.41, 5.74) is 1.59. The van der Waals surface area contributed by atoms with Crippen molar-refractivity contribution >= 4 is 22.5 Å². The number of carbonyl (C=O) groups is 1. The van der Waals surface area contributed by atoms with Crippen LogP contribution in [0.25, 0.3) is 10.8 Å². The summed E-state index contributed by atoms with van der Waals surface area (Å²) >= 11 is 0. The Hall–Kier alpha value is -4.78. The number of nitrogens with zero attached hydrogens (tertiary/aromatic N) is 5. The van der Waals surface area contributed by atoms with E-state index in [0.29, 0.717) is 47.3 Å². The molecule has 0 spiro atoms. The van der Waals surface area contributed by atoms with Crippen LogP contribution in [0.5, 0.6) is 5.75 Å². The molecule has 1 saturated carbocycles. The molecule has 42 heavy (non-hydrogen) atoms. The second-order valence-electron chi connectivity index (χ2n) is 11.4. The van der Waals surface area contributed by atoms with Crippen molar-refractivity contribution in [2.24, 2.45) is 0 Å². The first-order chi connectivity index (χ1) is 20.5. The molecule has 4 aliphatic rings. The smallest absolute Gasteiger partial charge is 0.272 e. The zero-order valence-corrected chi connectivity index (χ0v) is 22.9. The quantitative estimate of drug-likeness (QED) is 0.370. The van der Waals surface area contributed by atoms with Crippen molar-refractivity contribution < 1.29 is 13.9 Å². The summed E-state index contributed by atoms with van der Waals surface area (Å²) in [6.07, 6.45) is 7.02. The van der Waals surface area contributed by atoms with Crippen molar-refractivity contribution in [2.45, 2.75) is 56.7 Å². The topological polar surface area (TPSA) is 115 Å². The van der Waals surface area contributed by atoms with Gasteiger partial charge in [-0.3, -0.25) is 9.59 Å². The van der Waals surface area contributed by atoms with Gasteiger partial charge in [-0.1, -0.05) is 6.07 Å². The molecule has 0 unspecified atom stereocenters. The fourth-order valence-electron chi connectivity index (χ4n) is 6.26. The molecule has 1 N–H and O–H groups in total. The molecule has 3 aliphatic heterocycles. The standard InChI is InChI=1S/C32H29FN6O3/c33-28-10-4-19(13-29-26-14-24(42-23-2-1-3-23)8-9-25(26)31(40)37-36-29)12-27(28)32(41)39-18-21-6-7-22(39)17-38(21)30-11-5-20(15-34)16-35-30/h4-5,8-12,14,16,21-23H,1-3,6-7,13,17-18H2,(H,37,40)/t21-,22-/m0/s1. The number of nitrogens with one attached hydrogen (secondary N) is 1. The number of carbonyl (C=O) groups excluding carboxylic acids is 1. The number of halogens is 1. The van der Waals surface area contributed by atoms with Crippen molar-refractivity contribution in [3.63, 3.8) is 0 Å². The van der Waals surface area contributed by atoms with Crippen LogP contribution in [-0.2, 0) is 6.42 Å². The van der Waals surface area contributed by atoms with Crippen molar-refractivity contribution in [3.05, 3.63) is 93.3 Å². The number of rotatable bonds is 6. The van der Waals surface area contributed by atoms with Crippen molar-refractivity contribution in [1.82, 2.24) is 20.1 Å². The summed E-state index contributed by atoms with van der Waals surface area (Å²) in [4.78, 5) is 34.6. The Morgan fingerprint density at radius 1 is 1.05 bits per heavy atom. The van der Waals surface area contributed by atoms with Gasteiger partial charge in [-0.2, -0.15) is 10.4 Å². The van der Waals surface area contributed by atoms with Crippen LogP contribution >= 0.6 is 0 Å². The second-order valence-corrected chi connectivity index (χ2v) is 11.4. The van der Waals surface area contributed by atoms with Gasteiger partial charge in [0.15, 0.2) is 0 Å². The Kier molecular flexibility index (Phi) is 6.57. The molecule has 2 aromatic carbocycles. The molecule has 9 nitrogen and oxygen atoms in total. The molecule has 1 aliphatic carbocycles. The minimum Gasteiger partial charge on any atom is -0.490 e. The number of anilines is 1. The zero-order chi connectivity index (χ0) is 28.8. The van der Waals surface area contributed by atoms with E-state index in [0.717, 1.165) is 43.5 Å². The van der Waals surface area contributed by atoms with Gasteiger partial charge in [0.2, 0.25) is 0 Å². The van der Waals surface area contributed by atoms with E-state index in [1.807, 2.05) is 12.1 Å². The number of fused-ring (bicyclic) bond motifs is 4. The van der Waals surface area contributed by atoms with Gasteiger partial charge in [0.1, 0.15) is 23.5 Å². The van der Waals surface area contributed by atoms with Gasteiger partial charge in [0.25, 0.3) is 11.5 Å². The number of hydrogen-bond donors (Lipinski definition) is 1. The van der Waals surface area contributed by atoms with Crippen LogP contribution in [-0.4, -0.2) is 57.3 Å². The number of ether oxygens (including phenoxy) is 1. The fraction of sp³-hybridized carbons (Fsp3) is 0.344. The number of piperidine rings is 2. The number of nitriles is 1. The average Bonchev–Trinajstić information content (AvgIpc) is 3.01. The van der Waals surface area contributed by atoms with Gasteiger partial charge in [-0.05, 0) is 80.1 Å². The Bertz CT molecular complexity index is 1780. The minimum absolute atomic E-state index is 0.0332. The molecule has 10 heteroatoms. The van der Waals surface area contributed by atoms with Gasteiger partial charge >= 0.3 is 0 Å². The third-order valence-corrected chi connectivity index (χ3v) is 8.79. The van der Waals surface area contributed by atoms with Crippen LogP contribution in [0.15, 0.2) is 59.5 Å². The van der Waals surface area contributed by atoms with E-state index in [-0.39, 0.29) is 35.2 Å². The first-order valence-corrected chi connectivity index (χ1v) is 14.4. The summed E-state index contributed by atoms with van der Waals surface area (Å²) in [5, 5.41) is 17.1. The van der Waals surface area contributed by atoms with Crippen LogP contribution < -0.4 is 15.2 Å². The van der Waals surface area contributed by atoms with E-state index >= 15 is 4.39 Å². The minimum atomic E-state index is -0.564. The molecular weight excluding hydrogens is 535 g/mol. The second kappa shape index (κ2) is 10.6. The summed E-state index contributed by atoms with van der Waals surface area (Å²) in [5.74, 6) is 0.588. The number of aromatic amines is 1. The molecule has 3 saturated heterocycles. The van der Waals surface area contributed by atoms with Crippen LogP contribution in [0.1, 0.15) is 59.3 Å². The highest BCUT2D eigenvalue weighted by Gasteiger charge is 2.42.